The highest BCUT2D eigenvalue weighted by molar-refractivity contribution is 5.89. The molecule has 0 aliphatic carbocycles. The fourth-order valence-corrected chi connectivity index (χ4v) is 2.99. The minimum atomic E-state index is -2.78. The lowest BCUT2D eigenvalue weighted by molar-refractivity contribution is -0.168. The number of hydroxylamine groups is 1. The molecule has 0 spiro atoms. The highest BCUT2D eigenvalue weighted by Crippen LogP contribution is 2.27. The molecule has 5 N–H and O–H groups in total. The Morgan fingerprint density at radius 1 is 1.06 bits per heavy atom. The summed E-state index contributed by atoms with van der Waals surface area (Å²) >= 11 is 0. The zero-order valence-electron chi connectivity index (χ0n) is 20.2. The van der Waals surface area contributed by atoms with Gasteiger partial charge in [0.25, 0.3) is 5.91 Å². The number of methoxy groups -OCH3 is 1. The van der Waals surface area contributed by atoms with Crippen LogP contribution in [-0.2, 0) is 25.7 Å². The van der Waals surface area contributed by atoms with E-state index in [0.29, 0.717) is 12.3 Å². The minimum absolute atomic E-state index is 0.0725. The van der Waals surface area contributed by atoms with Gasteiger partial charge in [-0.05, 0) is 42.9 Å². The number of benzene rings is 1. The number of carbonyl (C=O) groups excluding carboxylic acids is 2. The maximum Gasteiger partial charge on any atom is 0.336 e. The minimum Gasteiger partial charge on any atom is -0.493 e. The lowest BCUT2D eigenvalue weighted by atomic mass is 9.95. The number of carbonyl (C=O) groups is 4. The second-order valence-corrected chi connectivity index (χ2v) is 8.39. The summed E-state index contributed by atoms with van der Waals surface area (Å²) in [6.07, 6.45) is 5.16. The summed E-state index contributed by atoms with van der Waals surface area (Å²) in [5.74, 6) is -3.71. The van der Waals surface area contributed by atoms with Crippen LogP contribution < -0.4 is 20.4 Å². The molecule has 194 valence electrons. The molecule has 1 aromatic carbocycles. The van der Waals surface area contributed by atoms with E-state index in [0.717, 1.165) is 24.8 Å². The molecule has 0 aliphatic heterocycles. The van der Waals surface area contributed by atoms with Gasteiger partial charge in [0.15, 0.2) is 17.1 Å². The van der Waals surface area contributed by atoms with Crippen LogP contribution in [-0.4, -0.2) is 51.8 Å². The summed E-state index contributed by atoms with van der Waals surface area (Å²) in [5, 5.41) is 30.5. The van der Waals surface area contributed by atoms with Crippen LogP contribution >= 0.6 is 0 Å². The van der Waals surface area contributed by atoms with E-state index in [1.54, 1.807) is 12.1 Å². The van der Waals surface area contributed by atoms with Gasteiger partial charge in [-0.25, -0.2) is 4.79 Å². The number of rotatable bonds is 16. The molecule has 1 rings (SSSR count). The van der Waals surface area contributed by atoms with Gasteiger partial charge < -0.3 is 30.2 Å². The first-order chi connectivity index (χ1) is 16.5. The van der Waals surface area contributed by atoms with Crippen LogP contribution in [0.1, 0.15) is 57.9 Å². The van der Waals surface area contributed by atoms with E-state index in [1.807, 2.05) is 5.48 Å². The topological polar surface area (TPSA) is 171 Å². The third kappa shape index (κ3) is 11.4. The van der Waals surface area contributed by atoms with Crippen molar-refractivity contribution < 1.29 is 44.1 Å². The fourth-order valence-electron chi connectivity index (χ4n) is 2.99. The van der Waals surface area contributed by atoms with Gasteiger partial charge in [-0.15, -0.1) is 0 Å². The molecule has 11 nitrogen and oxygen atoms in total. The van der Waals surface area contributed by atoms with Gasteiger partial charge >= 0.3 is 11.9 Å². The van der Waals surface area contributed by atoms with Gasteiger partial charge in [0.2, 0.25) is 5.91 Å². The average molecular weight is 495 g/mol. The van der Waals surface area contributed by atoms with E-state index in [9.17, 15) is 24.3 Å². The highest BCUT2D eigenvalue weighted by atomic mass is 16.7. The van der Waals surface area contributed by atoms with Gasteiger partial charge in [-0.1, -0.05) is 32.1 Å². The molecular weight excluding hydrogens is 460 g/mol. The molecule has 0 bridgehead atoms. The normalized spacial score (nSPS) is 12.7. The second kappa shape index (κ2) is 14.6. The Labute approximate surface area is 204 Å². The molecule has 0 saturated carbocycles. The Bertz CT molecular complexity index is 914. The van der Waals surface area contributed by atoms with Gasteiger partial charge in [0, 0.05) is 13.0 Å². The number of aliphatic hydroxyl groups is 1. The van der Waals surface area contributed by atoms with Crippen molar-refractivity contribution in [1.29, 1.82) is 0 Å². The first-order valence-corrected chi connectivity index (χ1v) is 11.2. The van der Waals surface area contributed by atoms with Crippen LogP contribution in [0.5, 0.6) is 11.5 Å². The summed E-state index contributed by atoms with van der Waals surface area (Å²) in [4.78, 5) is 51.1. The van der Waals surface area contributed by atoms with Gasteiger partial charge in [0.05, 0.1) is 20.0 Å². The third-order valence-electron chi connectivity index (χ3n) is 4.83. The van der Waals surface area contributed by atoms with Crippen LogP contribution in [0.2, 0.25) is 0 Å². The standard InChI is InChI=1S/C24H34N2O9/c1-16(2)8-6-4-5-7-9-20(27)25-15-17-10-11-18(19(12-17)34-3)35-26-21(28)13-24(33,23(31)32)14-22(29)30/h6,8,10-12,16,33H,4-5,7,9,13-15H2,1-3H3,(H,25,27)(H,26,28)(H,29,30)(H,31,32)/b8-6+. The van der Waals surface area contributed by atoms with Crippen LogP contribution in [0, 0.1) is 5.92 Å². The van der Waals surface area contributed by atoms with Crippen molar-refractivity contribution >= 4 is 23.8 Å². The number of hydrogen-bond acceptors (Lipinski definition) is 7. The molecule has 1 unspecified atom stereocenters. The van der Waals surface area contributed by atoms with Gasteiger partial charge in [-0.2, -0.15) is 5.48 Å². The van der Waals surface area contributed by atoms with Crippen molar-refractivity contribution in [3.63, 3.8) is 0 Å². The van der Waals surface area contributed by atoms with E-state index in [2.05, 4.69) is 31.3 Å². The van der Waals surface area contributed by atoms with E-state index in [4.69, 9.17) is 19.8 Å². The van der Waals surface area contributed by atoms with Crippen LogP contribution in [0.4, 0.5) is 0 Å². The lowest BCUT2D eigenvalue weighted by Crippen LogP contribution is -2.45. The molecule has 0 aliphatic rings. The number of allylic oxidation sites excluding steroid dienone is 2. The molecule has 0 saturated heterocycles. The Morgan fingerprint density at radius 2 is 1.77 bits per heavy atom. The number of aliphatic carboxylic acids is 2. The number of ether oxygens (including phenoxy) is 1. The predicted molar refractivity (Wildman–Crippen MR) is 126 cm³/mol. The summed E-state index contributed by atoms with van der Waals surface area (Å²) in [7, 11) is 1.37. The number of amides is 2. The summed E-state index contributed by atoms with van der Waals surface area (Å²) in [6.45, 7) is 4.48. The van der Waals surface area contributed by atoms with Crippen molar-refractivity contribution in [3.8, 4) is 11.5 Å². The van der Waals surface area contributed by atoms with Crippen molar-refractivity contribution in [2.75, 3.05) is 7.11 Å². The number of hydrogen-bond donors (Lipinski definition) is 5. The molecule has 1 aromatic rings. The maximum absolute atomic E-state index is 12.1. The molecule has 0 aromatic heterocycles. The molecule has 0 radical (unpaired) electrons. The number of carboxylic acid groups (broad SMARTS) is 2. The van der Waals surface area contributed by atoms with E-state index in [-0.39, 0.29) is 24.0 Å². The Hall–Kier alpha value is -3.60. The Kier molecular flexibility index (Phi) is 12.3. The number of carboxylic acids is 2. The fraction of sp³-hybridized carbons (Fsp3) is 0.500. The van der Waals surface area contributed by atoms with Crippen LogP contribution in [0.3, 0.4) is 0 Å². The summed E-state index contributed by atoms with van der Waals surface area (Å²) in [6, 6.07) is 4.71. The first kappa shape index (κ1) is 29.4. The quantitative estimate of drug-likeness (QED) is 0.131. The first-order valence-electron chi connectivity index (χ1n) is 11.2. The number of unbranched alkanes of at least 4 members (excludes halogenated alkanes) is 2. The van der Waals surface area contributed by atoms with Crippen molar-refractivity contribution in [2.24, 2.45) is 5.92 Å². The molecule has 11 heteroatoms. The maximum atomic E-state index is 12.1. The monoisotopic (exact) mass is 494 g/mol. The van der Waals surface area contributed by atoms with Crippen molar-refractivity contribution in [1.82, 2.24) is 10.8 Å². The van der Waals surface area contributed by atoms with E-state index in [1.165, 1.54) is 13.2 Å². The molecule has 0 fully saturated rings. The summed E-state index contributed by atoms with van der Waals surface area (Å²) < 4.78 is 5.22. The van der Waals surface area contributed by atoms with Crippen LogP contribution in [0.15, 0.2) is 30.4 Å². The second-order valence-electron chi connectivity index (χ2n) is 8.39. The largest absolute Gasteiger partial charge is 0.493 e. The average Bonchev–Trinajstić information content (AvgIpc) is 2.77. The van der Waals surface area contributed by atoms with Gasteiger partial charge in [-0.3, -0.25) is 14.4 Å². The van der Waals surface area contributed by atoms with Crippen LogP contribution in [0.25, 0.3) is 0 Å². The SMILES string of the molecule is COc1cc(CNC(=O)CCCC/C=C/C(C)C)ccc1ONC(=O)CC(O)(CC(=O)O)C(=O)O. The zero-order valence-corrected chi connectivity index (χ0v) is 20.2. The lowest BCUT2D eigenvalue weighted by Gasteiger charge is -2.20. The predicted octanol–water partition coefficient (Wildman–Crippen LogP) is 2.17. The molecule has 2 amide bonds. The smallest absolute Gasteiger partial charge is 0.336 e. The van der Waals surface area contributed by atoms with E-state index < -0.39 is 36.3 Å². The molecule has 0 heterocycles. The highest BCUT2D eigenvalue weighted by Gasteiger charge is 2.41. The number of nitrogens with one attached hydrogen (secondary N) is 2. The van der Waals surface area contributed by atoms with Crippen molar-refractivity contribution in [2.45, 2.75) is 64.5 Å². The van der Waals surface area contributed by atoms with E-state index >= 15 is 0 Å². The third-order valence-corrected chi connectivity index (χ3v) is 4.83. The summed E-state index contributed by atoms with van der Waals surface area (Å²) in [5.41, 5.74) is -0.102. The Morgan fingerprint density at radius 3 is 2.37 bits per heavy atom. The molecule has 35 heavy (non-hydrogen) atoms. The Balaban J connectivity index is 2.56. The van der Waals surface area contributed by atoms with Gasteiger partial charge in [0.1, 0.15) is 0 Å². The zero-order chi connectivity index (χ0) is 26.4. The molecular formula is C24H34N2O9. The molecule has 1 atom stereocenters. The van der Waals surface area contributed by atoms with Crippen molar-refractivity contribution in [3.05, 3.63) is 35.9 Å².